The van der Waals surface area contributed by atoms with Gasteiger partial charge in [-0.15, -0.1) is 0 Å². The average molecular weight is 330 g/mol. The Bertz CT molecular complexity index is 556. The maximum Gasteiger partial charge on any atom is 0.164 e. The van der Waals surface area contributed by atoms with Crippen molar-refractivity contribution in [1.82, 2.24) is 0 Å². The summed E-state index contributed by atoms with van der Waals surface area (Å²) >= 11 is 0. The van der Waals surface area contributed by atoms with Crippen molar-refractivity contribution in [2.75, 3.05) is 0 Å². The molecule has 4 nitrogen and oxygen atoms in total. The maximum atomic E-state index is 11.9. The number of rotatable bonds is 8. The number of carbonyl (C=O) groups excluding carboxylic acids is 2. The van der Waals surface area contributed by atoms with E-state index in [0.717, 1.165) is 36.8 Å². The van der Waals surface area contributed by atoms with Gasteiger partial charge in [-0.2, -0.15) is 0 Å². The second kappa shape index (κ2) is 7.58. The Labute approximate surface area is 143 Å². The Morgan fingerprint density at radius 2 is 1.25 bits per heavy atom. The topological polar surface area (TPSA) is 52.6 Å². The fraction of sp³-hybridized carbons (Fsp3) is 0.600. The van der Waals surface area contributed by atoms with Crippen LogP contribution in [0.5, 0.6) is 0 Å². The molecule has 2 saturated carbocycles. The average Bonchev–Trinajstić information content (AvgIpc) is 2.60. The van der Waals surface area contributed by atoms with E-state index in [2.05, 4.69) is 0 Å². The normalized spacial score (nSPS) is 29.2. The molecule has 24 heavy (non-hydrogen) atoms. The van der Waals surface area contributed by atoms with Gasteiger partial charge in [-0.25, -0.2) is 0 Å². The molecule has 0 radical (unpaired) electrons. The molecule has 2 aliphatic carbocycles. The second-order valence-corrected chi connectivity index (χ2v) is 6.85. The van der Waals surface area contributed by atoms with Gasteiger partial charge in [0.05, 0.1) is 13.2 Å². The third-order valence-corrected chi connectivity index (χ3v) is 5.42. The van der Waals surface area contributed by atoms with Crippen LogP contribution in [0.4, 0.5) is 0 Å². The number of hydrogen-bond acceptors (Lipinski definition) is 4. The summed E-state index contributed by atoms with van der Waals surface area (Å²) in [6.07, 6.45) is 2.98. The quantitative estimate of drug-likeness (QED) is 0.732. The van der Waals surface area contributed by atoms with E-state index in [-0.39, 0.29) is 35.6 Å². The molecule has 4 heteroatoms. The zero-order valence-electron chi connectivity index (χ0n) is 14.5. The Hall–Kier alpha value is -1.52. The number of benzene rings is 1. The van der Waals surface area contributed by atoms with Crippen molar-refractivity contribution >= 4 is 11.6 Å². The van der Waals surface area contributed by atoms with Crippen LogP contribution in [0.2, 0.25) is 0 Å². The van der Waals surface area contributed by atoms with Crippen molar-refractivity contribution < 1.29 is 19.1 Å². The molecule has 4 unspecified atom stereocenters. The molecule has 3 rings (SSSR count). The summed E-state index contributed by atoms with van der Waals surface area (Å²) in [4.78, 5) is 23.7. The molecule has 2 aliphatic rings. The first-order chi connectivity index (χ1) is 11.6. The van der Waals surface area contributed by atoms with Crippen LogP contribution in [-0.2, 0) is 32.3 Å². The largest absolute Gasteiger partial charge is 0.366 e. The highest BCUT2D eigenvalue weighted by Crippen LogP contribution is 2.31. The lowest BCUT2D eigenvalue weighted by Crippen LogP contribution is -2.43. The lowest BCUT2D eigenvalue weighted by Gasteiger charge is -2.33. The molecule has 1 aromatic carbocycles. The summed E-state index contributed by atoms with van der Waals surface area (Å²) in [7, 11) is 0. The highest BCUT2D eigenvalue weighted by Gasteiger charge is 2.39. The molecule has 0 aromatic heterocycles. The van der Waals surface area contributed by atoms with Gasteiger partial charge in [-0.3, -0.25) is 9.59 Å². The molecule has 0 aliphatic heterocycles. The maximum absolute atomic E-state index is 11.9. The van der Waals surface area contributed by atoms with E-state index in [9.17, 15) is 9.59 Å². The lowest BCUT2D eigenvalue weighted by atomic mass is 9.79. The Balaban J connectivity index is 1.50. The molecule has 2 fully saturated rings. The molecule has 0 spiro atoms. The van der Waals surface area contributed by atoms with E-state index in [0.29, 0.717) is 13.2 Å². The van der Waals surface area contributed by atoms with Crippen LogP contribution in [0, 0.1) is 11.8 Å². The van der Waals surface area contributed by atoms with Crippen molar-refractivity contribution in [2.45, 2.75) is 65.0 Å². The standard InChI is InChI=1S/C20H26O4/c1-3-13-9-17(19(13)21)23-11-15-7-5-6-8-16(15)12-24-18-10-14(4-2)20(18)22/h5-8,13-14,17-18H,3-4,9-12H2,1-2H3. The summed E-state index contributed by atoms with van der Waals surface area (Å²) < 4.78 is 11.6. The number of ketones is 2. The fourth-order valence-electron chi connectivity index (χ4n) is 3.44. The highest BCUT2D eigenvalue weighted by atomic mass is 16.5. The van der Waals surface area contributed by atoms with Gasteiger partial charge in [-0.05, 0) is 36.8 Å². The van der Waals surface area contributed by atoms with Gasteiger partial charge in [0, 0.05) is 11.8 Å². The number of carbonyl (C=O) groups is 2. The summed E-state index contributed by atoms with van der Waals surface area (Å²) in [5.41, 5.74) is 2.06. The molecule has 1 aromatic rings. The van der Waals surface area contributed by atoms with Gasteiger partial charge in [-0.1, -0.05) is 38.1 Å². The van der Waals surface area contributed by atoms with Crippen molar-refractivity contribution in [1.29, 1.82) is 0 Å². The zero-order chi connectivity index (χ0) is 17.1. The predicted octanol–water partition coefficient (Wildman–Crippen LogP) is 3.46. The van der Waals surface area contributed by atoms with Crippen LogP contribution >= 0.6 is 0 Å². The minimum absolute atomic E-state index is 0.185. The SMILES string of the molecule is CCC1CC(OCc2ccccc2COC2CC(CC)C2=O)C1=O. The smallest absolute Gasteiger partial charge is 0.164 e. The van der Waals surface area contributed by atoms with Crippen LogP contribution in [-0.4, -0.2) is 23.8 Å². The van der Waals surface area contributed by atoms with Crippen molar-refractivity contribution in [3.05, 3.63) is 35.4 Å². The molecule has 4 atom stereocenters. The van der Waals surface area contributed by atoms with Crippen molar-refractivity contribution in [2.24, 2.45) is 11.8 Å². The molecule has 130 valence electrons. The fourth-order valence-corrected chi connectivity index (χ4v) is 3.44. The Morgan fingerprint density at radius 1 is 0.833 bits per heavy atom. The minimum Gasteiger partial charge on any atom is -0.366 e. The molecule has 0 saturated heterocycles. The third kappa shape index (κ3) is 3.45. The Kier molecular flexibility index (Phi) is 5.47. The molecular weight excluding hydrogens is 304 g/mol. The van der Waals surface area contributed by atoms with Crippen LogP contribution in [0.3, 0.4) is 0 Å². The first-order valence-corrected chi connectivity index (χ1v) is 9.01. The van der Waals surface area contributed by atoms with Gasteiger partial charge in [0.1, 0.15) is 12.2 Å². The van der Waals surface area contributed by atoms with Gasteiger partial charge >= 0.3 is 0 Å². The second-order valence-electron chi connectivity index (χ2n) is 6.85. The highest BCUT2D eigenvalue weighted by molar-refractivity contribution is 5.91. The van der Waals surface area contributed by atoms with E-state index >= 15 is 0 Å². The van der Waals surface area contributed by atoms with Gasteiger partial charge in [0.15, 0.2) is 11.6 Å². The lowest BCUT2D eigenvalue weighted by molar-refractivity contribution is -0.151. The van der Waals surface area contributed by atoms with Crippen LogP contribution < -0.4 is 0 Å². The van der Waals surface area contributed by atoms with Crippen molar-refractivity contribution in [3.63, 3.8) is 0 Å². The minimum atomic E-state index is -0.248. The van der Waals surface area contributed by atoms with Crippen LogP contribution in [0.1, 0.15) is 50.7 Å². The van der Waals surface area contributed by atoms with E-state index in [1.165, 1.54) is 0 Å². The summed E-state index contributed by atoms with van der Waals surface area (Å²) in [6, 6.07) is 7.91. The van der Waals surface area contributed by atoms with Crippen LogP contribution in [0.15, 0.2) is 24.3 Å². The monoisotopic (exact) mass is 330 g/mol. The van der Waals surface area contributed by atoms with E-state index in [1.54, 1.807) is 0 Å². The number of hydrogen-bond donors (Lipinski definition) is 0. The van der Waals surface area contributed by atoms with Gasteiger partial charge in [0.25, 0.3) is 0 Å². The molecule has 0 heterocycles. The third-order valence-electron chi connectivity index (χ3n) is 5.42. The summed E-state index contributed by atoms with van der Waals surface area (Å²) in [5.74, 6) is 0.836. The summed E-state index contributed by atoms with van der Waals surface area (Å²) in [6.45, 7) is 4.91. The first-order valence-electron chi connectivity index (χ1n) is 9.01. The zero-order valence-corrected chi connectivity index (χ0v) is 14.5. The number of ether oxygens (including phenoxy) is 2. The predicted molar refractivity (Wildman–Crippen MR) is 90.4 cm³/mol. The van der Waals surface area contributed by atoms with Crippen molar-refractivity contribution in [3.8, 4) is 0 Å². The van der Waals surface area contributed by atoms with E-state index in [4.69, 9.17) is 9.47 Å². The molecule has 0 N–H and O–H groups in total. The van der Waals surface area contributed by atoms with Gasteiger partial charge in [0.2, 0.25) is 0 Å². The van der Waals surface area contributed by atoms with Gasteiger partial charge < -0.3 is 9.47 Å². The number of Topliss-reactive ketones (excluding diaryl/α,β-unsaturated/α-hetero) is 2. The van der Waals surface area contributed by atoms with E-state index < -0.39 is 0 Å². The summed E-state index contributed by atoms with van der Waals surface area (Å²) in [5, 5.41) is 0. The molecule has 0 bridgehead atoms. The molecular formula is C20H26O4. The van der Waals surface area contributed by atoms with E-state index in [1.807, 2.05) is 38.1 Å². The Morgan fingerprint density at radius 3 is 1.58 bits per heavy atom. The molecule has 0 amide bonds. The first kappa shape index (κ1) is 17.3. The van der Waals surface area contributed by atoms with Crippen LogP contribution in [0.25, 0.3) is 0 Å².